The lowest BCUT2D eigenvalue weighted by atomic mass is 9.88. The molecule has 18 heavy (non-hydrogen) atoms. The summed E-state index contributed by atoms with van der Waals surface area (Å²) in [5, 5.41) is 10.6. The van der Waals surface area contributed by atoms with E-state index in [0.29, 0.717) is 17.6 Å². The van der Waals surface area contributed by atoms with Crippen LogP contribution >= 0.6 is 22.6 Å². The second-order valence-electron chi connectivity index (χ2n) is 6.19. The maximum Gasteiger partial charge on any atom is 0.122 e. The van der Waals surface area contributed by atoms with Gasteiger partial charge in [-0.1, -0.05) is 13.8 Å². The molecule has 0 aromatic heterocycles. The van der Waals surface area contributed by atoms with Crippen molar-refractivity contribution < 1.29 is 5.11 Å². The number of aromatic hydroxyl groups is 1. The van der Waals surface area contributed by atoms with Crippen molar-refractivity contribution in [2.75, 3.05) is 0 Å². The van der Waals surface area contributed by atoms with Crippen molar-refractivity contribution in [3.05, 3.63) is 26.8 Å². The Morgan fingerprint density at radius 1 is 1.00 bits per heavy atom. The zero-order chi connectivity index (χ0) is 12.9. The summed E-state index contributed by atoms with van der Waals surface area (Å²) in [4.78, 5) is 0. The molecule has 0 heterocycles. The number of rotatable bonds is 4. The number of benzene rings is 1. The van der Waals surface area contributed by atoms with Crippen LogP contribution in [0, 0.1) is 15.4 Å². The van der Waals surface area contributed by atoms with Crippen LogP contribution < -0.4 is 0 Å². The van der Waals surface area contributed by atoms with Crippen LogP contribution in [-0.2, 0) is 0 Å². The minimum atomic E-state index is 0.518. The Kier molecular flexibility index (Phi) is 3.33. The first-order valence-corrected chi connectivity index (χ1v) is 8.18. The minimum Gasteiger partial charge on any atom is -0.507 e. The number of hydrogen-bond acceptors (Lipinski definition) is 1. The SMILES string of the molecule is C[C@@H](c1cc(I)cc([C@H](C)C2CC2)c1O)C1CC1. The molecule has 0 spiro atoms. The van der Waals surface area contributed by atoms with Crippen molar-refractivity contribution in [2.24, 2.45) is 11.8 Å². The predicted octanol–water partition coefficient (Wildman–Crippen LogP) is 5.02. The summed E-state index contributed by atoms with van der Waals surface area (Å²) in [7, 11) is 0. The first kappa shape index (κ1) is 12.8. The van der Waals surface area contributed by atoms with Gasteiger partial charge in [0.2, 0.25) is 0 Å². The van der Waals surface area contributed by atoms with E-state index in [1.54, 1.807) is 0 Å². The van der Waals surface area contributed by atoms with Crippen molar-refractivity contribution in [3.63, 3.8) is 0 Å². The van der Waals surface area contributed by atoms with E-state index in [0.717, 1.165) is 11.8 Å². The molecule has 0 bridgehead atoms. The summed E-state index contributed by atoms with van der Waals surface area (Å²) >= 11 is 2.39. The monoisotopic (exact) mass is 356 g/mol. The van der Waals surface area contributed by atoms with Gasteiger partial charge in [-0.05, 0) is 95.2 Å². The Labute approximate surface area is 123 Å². The summed E-state index contributed by atoms with van der Waals surface area (Å²) in [5.41, 5.74) is 2.37. The van der Waals surface area contributed by atoms with Gasteiger partial charge in [-0.25, -0.2) is 0 Å². The van der Waals surface area contributed by atoms with E-state index >= 15 is 0 Å². The number of phenols is 1. The lowest BCUT2D eigenvalue weighted by molar-refractivity contribution is 0.443. The number of phenolic OH excluding ortho intramolecular Hbond substituents is 1. The Morgan fingerprint density at radius 2 is 1.39 bits per heavy atom. The molecule has 2 aliphatic rings. The molecule has 0 unspecified atom stereocenters. The van der Waals surface area contributed by atoms with Crippen LogP contribution in [0.5, 0.6) is 5.75 Å². The Morgan fingerprint density at radius 3 is 1.72 bits per heavy atom. The summed E-state index contributed by atoms with van der Waals surface area (Å²) in [6, 6.07) is 4.37. The average Bonchev–Trinajstić information content (AvgIpc) is 3.18. The molecule has 1 nitrogen and oxygen atoms in total. The first-order valence-electron chi connectivity index (χ1n) is 7.10. The van der Waals surface area contributed by atoms with E-state index in [1.807, 2.05) is 0 Å². The summed E-state index contributed by atoms with van der Waals surface area (Å²) in [6.45, 7) is 4.54. The van der Waals surface area contributed by atoms with Crippen molar-refractivity contribution >= 4 is 22.6 Å². The number of halogens is 1. The van der Waals surface area contributed by atoms with Gasteiger partial charge in [0, 0.05) is 3.57 Å². The Balaban J connectivity index is 1.97. The number of hydrogen-bond donors (Lipinski definition) is 1. The van der Waals surface area contributed by atoms with Crippen LogP contribution in [-0.4, -0.2) is 5.11 Å². The fourth-order valence-electron chi connectivity index (χ4n) is 3.04. The van der Waals surface area contributed by atoms with E-state index in [-0.39, 0.29) is 0 Å². The highest BCUT2D eigenvalue weighted by Crippen LogP contribution is 2.49. The van der Waals surface area contributed by atoms with E-state index in [4.69, 9.17) is 0 Å². The molecule has 0 amide bonds. The van der Waals surface area contributed by atoms with Gasteiger partial charge >= 0.3 is 0 Å². The van der Waals surface area contributed by atoms with Gasteiger partial charge in [0.05, 0.1) is 0 Å². The van der Waals surface area contributed by atoms with Crippen molar-refractivity contribution in [2.45, 2.75) is 51.4 Å². The zero-order valence-electron chi connectivity index (χ0n) is 11.1. The van der Waals surface area contributed by atoms with Gasteiger partial charge in [-0.2, -0.15) is 0 Å². The van der Waals surface area contributed by atoms with Crippen molar-refractivity contribution in [1.82, 2.24) is 0 Å². The molecule has 0 radical (unpaired) electrons. The highest BCUT2D eigenvalue weighted by Gasteiger charge is 2.34. The molecule has 2 heteroatoms. The fourth-order valence-corrected chi connectivity index (χ4v) is 3.71. The van der Waals surface area contributed by atoms with E-state index in [2.05, 4.69) is 48.6 Å². The fraction of sp³-hybridized carbons (Fsp3) is 0.625. The second-order valence-corrected chi connectivity index (χ2v) is 7.43. The van der Waals surface area contributed by atoms with Crippen molar-refractivity contribution in [3.8, 4) is 5.75 Å². The van der Waals surface area contributed by atoms with Crippen LogP contribution in [0.2, 0.25) is 0 Å². The van der Waals surface area contributed by atoms with Crippen LogP contribution in [0.3, 0.4) is 0 Å². The lowest BCUT2D eigenvalue weighted by Crippen LogP contribution is -2.03. The molecule has 0 saturated heterocycles. The molecule has 2 atom stereocenters. The van der Waals surface area contributed by atoms with E-state index < -0.39 is 0 Å². The smallest absolute Gasteiger partial charge is 0.122 e. The van der Waals surface area contributed by atoms with E-state index in [1.165, 1.54) is 40.4 Å². The van der Waals surface area contributed by atoms with Crippen LogP contribution in [0.25, 0.3) is 0 Å². The second kappa shape index (κ2) is 4.69. The lowest BCUT2D eigenvalue weighted by Gasteiger charge is -2.19. The van der Waals surface area contributed by atoms with Gasteiger partial charge in [0.1, 0.15) is 5.75 Å². The van der Waals surface area contributed by atoms with Gasteiger partial charge in [0.25, 0.3) is 0 Å². The van der Waals surface area contributed by atoms with Crippen LogP contribution in [0.1, 0.15) is 62.5 Å². The van der Waals surface area contributed by atoms with Crippen LogP contribution in [0.4, 0.5) is 0 Å². The highest BCUT2D eigenvalue weighted by molar-refractivity contribution is 14.1. The maximum atomic E-state index is 10.6. The topological polar surface area (TPSA) is 20.2 Å². The Bertz CT molecular complexity index is 421. The third kappa shape index (κ3) is 2.40. The van der Waals surface area contributed by atoms with E-state index in [9.17, 15) is 5.11 Å². The normalized spacial score (nSPS) is 22.8. The molecule has 98 valence electrons. The molecule has 3 rings (SSSR count). The molecule has 2 saturated carbocycles. The average molecular weight is 356 g/mol. The quantitative estimate of drug-likeness (QED) is 0.751. The standard InChI is InChI=1S/C16H21IO/c1-9(11-3-4-11)14-7-13(17)8-15(16(14)18)10(2)12-5-6-12/h7-12,18H,3-6H2,1-2H3/t9-,10-/m1/s1. The summed E-state index contributed by atoms with van der Waals surface area (Å²) in [5.74, 6) is 3.24. The van der Waals surface area contributed by atoms with Crippen LogP contribution in [0.15, 0.2) is 12.1 Å². The first-order chi connectivity index (χ1) is 8.58. The maximum absolute atomic E-state index is 10.6. The molecule has 2 fully saturated rings. The third-order valence-corrected chi connectivity index (χ3v) is 5.40. The molecule has 1 aromatic carbocycles. The van der Waals surface area contributed by atoms with Gasteiger partial charge in [-0.3, -0.25) is 0 Å². The summed E-state index contributed by atoms with van der Waals surface area (Å²) in [6.07, 6.45) is 5.33. The largest absolute Gasteiger partial charge is 0.507 e. The molecule has 2 aliphatic carbocycles. The molecule has 0 aliphatic heterocycles. The zero-order valence-corrected chi connectivity index (χ0v) is 13.3. The van der Waals surface area contributed by atoms with Gasteiger partial charge in [0.15, 0.2) is 0 Å². The molecule has 1 aromatic rings. The predicted molar refractivity (Wildman–Crippen MR) is 83.1 cm³/mol. The molecular formula is C16H21IO. The summed E-state index contributed by atoms with van der Waals surface area (Å²) < 4.78 is 1.27. The highest BCUT2D eigenvalue weighted by atomic mass is 127. The molecular weight excluding hydrogens is 335 g/mol. The van der Waals surface area contributed by atoms with Crippen molar-refractivity contribution in [1.29, 1.82) is 0 Å². The van der Waals surface area contributed by atoms with Gasteiger partial charge < -0.3 is 5.11 Å². The molecule has 1 N–H and O–H groups in total. The minimum absolute atomic E-state index is 0.518. The van der Waals surface area contributed by atoms with Gasteiger partial charge in [-0.15, -0.1) is 0 Å². The Hall–Kier alpha value is -0.250. The third-order valence-electron chi connectivity index (χ3n) is 4.77.